The fourth-order valence-corrected chi connectivity index (χ4v) is 2.96. The summed E-state index contributed by atoms with van der Waals surface area (Å²) in [4.78, 5) is 14.2. The first-order chi connectivity index (χ1) is 11.4. The van der Waals surface area contributed by atoms with E-state index in [-0.39, 0.29) is 11.6 Å². The summed E-state index contributed by atoms with van der Waals surface area (Å²) in [6, 6.07) is 0. The minimum Gasteiger partial charge on any atom is -0.306 e. The summed E-state index contributed by atoms with van der Waals surface area (Å²) in [5.41, 5.74) is 0.762. The van der Waals surface area contributed by atoms with Gasteiger partial charge in [-0.15, -0.1) is 0 Å². The molecule has 1 aliphatic rings. The third-order valence-corrected chi connectivity index (χ3v) is 4.40. The van der Waals surface area contributed by atoms with Crippen molar-refractivity contribution >= 4 is 17.9 Å². The molecule has 1 heterocycles. The van der Waals surface area contributed by atoms with E-state index in [4.69, 9.17) is 0 Å². The van der Waals surface area contributed by atoms with Gasteiger partial charge in [-0.2, -0.15) is 0 Å². The van der Waals surface area contributed by atoms with E-state index >= 15 is 0 Å². The van der Waals surface area contributed by atoms with Gasteiger partial charge in [0.2, 0.25) is 0 Å². The van der Waals surface area contributed by atoms with Crippen molar-refractivity contribution in [3.05, 3.63) is 11.6 Å². The summed E-state index contributed by atoms with van der Waals surface area (Å²) in [6.45, 7) is 8.05. The summed E-state index contributed by atoms with van der Waals surface area (Å²) in [5, 5.41) is 0. The first kappa shape index (κ1) is 20.6. The second-order valence-electron chi connectivity index (χ2n) is 6.53. The second-order valence-corrected chi connectivity index (χ2v) is 6.53. The lowest BCUT2D eigenvalue weighted by Gasteiger charge is -2.35. The minimum atomic E-state index is -2.61. The molecule has 1 rings (SSSR count). The Balaban J connectivity index is 3.07. The number of amidine groups is 1. The van der Waals surface area contributed by atoms with Crippen LogP contribution in [0.15, 0.2) is 26.6 Å². The maximum atomic E-state index is 13.4. The lowest BCUT2D eigenvalue weighted by atomic mass is 9.82. The fraction of sp³-hybridized carbons (Fsp3) is 0.722. The van der Waals surface area contributed by atoms with Gasteiger partial charge >= 0.3 is 0 Å². The Hall–Kier alpha value is -1.43. The minimum absolute atomic E-state index is 0.204. The topological polar surface area (TPSA) is 40.3 Å². The van der Waals surface area contributed by atoms with E-state index < -0.39 is 6.43 Å². The van der Waals surface area contributed by atoms with Gasteiger partial charge in [0.25, 0.3) is 6.43 Å². The standard InChI is InChI=1S/C18H30F2N4/c1-6-7-17(22-12-21-4)23-16(18(19)20)10-14(3)15-11-24(5)9-8-13(15)2/h10,12-13,15,18H,6-9,11H2,1-5H3/b14-10+,21-12?,22-17?,23-16?. The predicted molar refractivity (Wildman–Crippen MR) is 98.7 cm³/mol. The molecule has 1 fully saturated rings. The molecule has 24 heavy (non-hydrogen) atoms. The highest BCUT2D eigenvalue weighted by molar-refractivity contribution is 6.07. The van der Waals surface area contributed by atoms with Gasteiger partial charge in [-0.1, -0.05) is 19.4 Å². The lowest BCUT2D eigenvalue weighted by Crippen LogP contribution is -2.37. The molecule has 0 bridgehead atoms. The summed E-state index contributed by atoms with van der Waals surface area (Å²) in [5.74, 6) is 1.18. The van der Waals surface area contributed by atoms with E-state index in [2.05, 4.69) is 33.8 Å². The molecule has 0 aromatic heterocycles. The highest BCUT2D eigenvalue weighted by Gasteiger charge is 2.26. The van der Waals surface area contributed by atoms with Crippen LogP contribution in [-0.4, -0.2) is 56.4 Å². The molecule has 0 amide bonds. The van der Waals surface area contributed by atoms with Crippen LogP contribution in [0.4, 0.5) is 8.78 Å². The van der Waals surface area contributed by atoms with E-state index in [1.54, 1.807) is 13.1 Å². The van der Waals surface area contributed by atoms with Crippen molar-refractivity contribution in [2.24, 2.45) is 26.8 Å². The summed E-state index contributed by atoms with van der Waals surface area (Å²) in [7, 11) is 3.67. The molecule has 0 aromatic rings. The molecule has 0 radical (unpaired) electrons. The summed E-state index contributed by atoms with van der Waals surface area (Å²) >= 11 is 0. The average Bonchev–Trinajstić information content (AvgIpc) is 2.53. The van der Waals surface area contributed by atoms with Crippen LogP contribution in [0.3, 0.4) is 0 Å². The van der Waals surface area contributed by atoms with Crippen molar-refractivity contribution in [2.45, 2.75) is 46.5 Å². The molecule has 0 saturated carbocycles. The van der Waals surface area contributed by atoms with E-state index in [1.165, 1.54) is 6.34 Å². The van der Waals surface area contributed by atoms with Crippen molar-refractivity contribution in [3.63, 3.8) is 0 Å². The fourth-order valence-electron chi connectivity index (χ4n) is 2.96. The van der Waals surface area contributed by atoms with Gasteiger partial charge < -0.3 is 4.90 Å². The third-order valence-electron chi connectivity index (χ3n) is 4.40. The van der Waals surface area contributed by atoms with E-state index in [9.17, 15) is 8.78 Å². The van der Waals surface area contributed by atoms with Gasteiger partial charge in [0.05, 0.1) is 0 Å². The first-order valence-corrected chi connectivity index (χ1v) is 8.59. The Labute approximate surface area is 144 Å². The Morgan fingerprint density at radius 3 is 2.67 bits per heavy atom. The molecule has 0 aromatic carbocycles. The highest BCUT2D eigenvalue weighted by atomic mass is 19.3. The van der Waals surface area contributed by atoms with Crippen LogP contribution < -0.4 is 0 Å². The van der Waals surface area contributed by atoms with Crippen LogP contribution in [-0.2, 0) is 0 Å². The molecule has 1 saturated heterocycles. The zero-order chi connectivity index (χ0) is 18.1. The van der Waals surface area contributed by atoms with Gasteiger partial charge in [0.1, 0.15) is 17.9 Å². The van der Waals surface area contributed by atoms with Gasteiger partial charge in [-0.3, -0.25) is 4.99 Å². The zero-order valence-corrected chi connectivity index (χ0v) is 15.5. The molecule has 2 atom stereocenters. The van der Waals surface area contributed by atoms with Crippen molar-refractivity contribution in [1.29, 1.82) is 0 Å². The molecular weight excluding hydrogens is 310 g/mol. The van der Waals surface area contributed by atoms with Crippen molar-refractivity contribution in [2.75, 3.05) is 27.2 Å². The van der Waals surface area contributed by atoms with Gasteiger partial charge in [0.15, 0.2) is 0 Å². The number of hydrogen-bond donors (Lipinski definition) is 0. The maximum Gasteiger partial charge on any atom is 0.280 e. The largest absolute Gasteiger partial charge is 0.306 e. The molecule has 6 heteroatoms. The number of hydrogen-bond acceptors (Lipinski definition) is 2. The summed E-state index contributed by atoms with van der Waals surface area (Å²) < 4.78 is 26.9. The van der Waals surface area contributed by atoms with Crippen molar-refractivity contribution < 1.29 is 8.78 Å². The van der Waals surface area contributed by atoms with E-state index in [0.29, 0.717) is 18.2 Å². The highest BCUT2D eigenvalue weighted by Crippen LogP contribution is 2.28. The molecule has 136 valence electrons. The summed E-state index contributed by atoms with van der Waals surface area (Å²) in [6.07, 6.45) is 2.73. The number of rotatable bonds is 6. The Morgan fingerprint density at radius 2 is 2.08 bits per heavy atom. The van der Waals surface area contributed by atoms with Crippen LogP contribution in [0.1, 0.15) is 40.0 Å². The molecule has 4 nitrogen and oxygen atoms in total. The quantitative estimate of drug-likeness (QED) is 0.530. The second kappa shape index (κ2) is 10.4. The van der Waals surface area contributed by atoms with Gasteiger partial charge in [0, 0.05) is 20.0 Å². The van der Waals surface area contributed by atoms with Crippen LogP contribution in [0.2, 0.25) is 0 Å². The number of halogens is 2. The normalized spacial score (nSPS) is 25.1. The van der Waals surface area contributed by atoms with Gasteiger partial charge in [-0.05, 0) is 51.3 Å². The monoisotopic (exact) mass is 340 g/mol. The van der Waals surface area contributed by atoms with Crippen LogP contribution in [0.5, 0.6) is 0 Å². The number of aliphatic imine (C=N–C) groups is 3. The van der Waals surface area contributed by atoms with E-state index in [1.807, 2.05) is 13.8 Å². The Bertz CT molecular complexity index is 509. The van der Waals surface area contributed by atoms with Crippen molar-refractivity contribution in [1.82, 2.24) is 4.90 Å². The zero-order valence-electron chi connectivity index (χ0n) is 15.5. The first-order valence-electron chi connectivity index (χ1n) is 8.59. The molecular formula is C18H30F2N4. The number of nitrogens with zero attached hydrogens (tertiary/aromatic N) is 4. The van der Waals surface area contributed by atoms with Crippen LogP contribution in [0.25, 0.3) is 0 Å². The number of allylic oxidation sites excluding steroid dienone is 1. The maximum absolute atomic E-state index is 13.4. The lowest BCUT2D eigenvalue weighted by molar-refractivity contribution is 0.176. The third kappa shape index (κ3) is 6.59. The average molecular weight is 340 g/mol. The number of alkyl halides is 2. The van der Waals surface area contributed by atoms with Crippen LogP contribution >= 0.6 is 0 Å². The van der Waals surface area contributed by atoms with Gasteiger partial charge in [-0.25, -0.2) is 18.8 Å². The molecule has 2 unspecified atom stereocenters. The molecule has 1 aliphatic heterocycles. The molecule has 0 N–H and O–H groups in total. The Morgan fingerprint density at radius 1 is 1.38 bits per heavy atom. The van der Waals surface area contributed by atoms with Crippen LogP contribution in [0, 0.1) is 11.8 Å². The predicted octanol–water partition coefficient (Wildman–Crippen LogP) is 4.08. The number of piperidine rings is 1. The molecule has 0 spiro atoms. The SMILES string of the molecule is CCCC(=NC=NC)N=C(/C=C(\C)C1CN(C)CCC1C)C(F)F. The smallest absolute Gasteiger partial charge is 0.280 e. The Kier molecular flexibility index (Phi) is 8.97. The van der Waals surface area contributed by atoms with E-state index in [0.717, 1.165) is 31.5 Å². The number of likely N-dealkylation sites (tertiary alicyclic amines) is 1. The van der Waals surface area contributed by atoms with Crippen molar-refractivity contribution in [3.8, 4) is 0 Å². The molecule has 0 aliphatic carbocycles.